The summed E-state index contributed by atoms with van der Waals surface area (Å²) in [6.07, 6.45) is 0.149. The molecule has 0 spiro atoms. The molecule has 1 aliphatic rings. The maximum Gasteiger partial charge on any atom is 0.241 e. The number of halogens is 1. The van der Waals surface area contributed by atoms with Crippen LogP contribution in [0, 0.1) is 6.92 Å². The Hall–Kier alpha value is -1.30. The fraction of sp³-hybridized carbons (Fsp3) is 0.562. The van der Waals surface area contributed by atoms with Crippen LogP contribution in [0.4, 0.5) is 5.69 Å². The second kappa shape index (κ2) is 7.31. The summed E-state index contributed by atoms with van der Waals surface area (Å²) >= 11 is 6.09. The summed E-state index contributed by atoms with van der Waals surface area (Å²) in [6, 6.07) is 3.31. The van der Waals surface area contributed by atoms with Gasteiger partial charge in [-0.15, -0.1) is 0 Å². The first-order valence-electron chi connectivity index (χ1n) is 7.43. The van der Waals surface area contributed by atoms with Crippen molar-refractivity contribution in [2.75, 3.05) is 32.1 Å². The number of carbonyl (C=O) groups excluding carboxylic acids is 1. The molecule has 5 nitrogen and oxygen atoms in total. The van der Waals surface area contributed by atoms with Gasteiger partial charge in [-0.3, -0.25) is 9.69 Å². The number of amides is 1. The van der Waals surface area contributed by atoms with Crippen molar-refractivity contribution in [3.8, 4) is 5.75 Å². The lowest BCUT2D eigenvalue weighted by atomic mass is 10.1. The number of hydrogen-bond donors (Lipinski definition) is 1. The van der Waals surface area contributed by atoms with E-state index in [-0.39, 0.29) is 18.1 Å². The molecule has 1 saturated heterocycles. The molecule has 1 fully saturated rings. The molecule has 122 valence electrons. The van der Waals surface area contributed by atoms with E-state index in [0.717, 1.165) is 18.7 Å². The van der Waals surface area contributed by atoms with Crippen LogP contribution < -0.4 is 10.1 Å². The van der Waals surface area contributed by atoms with E-state index in [2.05, 4.69) is 10.2 Å². The van der Waals surface area contributed by atoms with Crippen LogP contribution in [0.15, 0.2) is 12.1 Å². The number of ether oxygens (including phenoxy) is 2. The third-order valence-corrected chi connectivity index (χ3v) is 4.35. The van der Waals surface area contributed by atoms with Crippen molar-refractivity contribution in [3.63, 3.8) is 0 Å². The summed E-state index contributed by atoms with van der Waals surface area (Å²) in [4.78, 5) is 14.6. The van der Waals surface area contributed by atoms with Gasteiger partial charge in [0.25, 0.3) is 0 Å². The van der Waals surface area contributed by atoms with E-state index in [9.17, 15) is 4.79 Å². The van der Waals surface area contributed by atoms with E-state index in [1.54, 1.807) is 13.2 Å². The van der Waals surface area contributed by atoms with E-state index in [0.29, 0.717) is 23.1 Å². The number of morpholine rings is 1. The first-order chi connectivity index (χ1) is 10.4. The Bertz CT molecular complexity index is 550. The van der Waals surface area contributed by atoms with Gasteiger partial charge in [-0.05, 0) is 32.4 Å². The Balaban J connectivity index is 2.09. The van der Waals surface area contributed by atoms with Crippen molar-refractivity contribution < 1.29 is 14.3 Å². The number of hydrogen-bond acceptors (Lipinski definition) is 4. The summed E-state index contributed by atoms with van der Waals surface area (Å²) < 4.78 is 10.8. The minimum Gasteiger partial charge on any atom is -0.495 e. The molecule has 2 rings (SSSR count). The second-order valence-corrected chi connectivity index (χ2v) is 6.05. The number of carbonyl (C=O) groups is 1. The van der Waals surface area contributed by atoms with Gasteiger partial charge in [0.2, 0.25) is 5.91 Å². The van der Waals surface area contributed by atoms with Crippen LogP contribution in [-0.4, -0.2) is 49.8 Å². The van der Waals surface area contributed by atoms with Gasteiger partial charge >= 0.3 is 0 Å². The SMILES string of the molecule is COc1cc(Cl)c(C)cc1NC(=O)[C@H](C)N1CCO[C@@H](C)C1. The molecule has 0 aromatic heterocycles. The van der Waals surface area contributed by atoms with Crippen LogP contribution >= 0.6 is 11.6 Å². The number of nitrogens with zero attached hydrogens (tertiary/aromatic N) is 1. The second-order valence-electron chi connectivity index (χ2n) is 5.64. The Kier molecular flexibility index (Phi) is 5.67. The fourth-order valence-electron chi connectivity index (χ4n) is 2.53. The maximum atomic E-state index is 12.5. The van der Waals surface area contributed by atoms with Crippen LogP contribution in [0.2, 0.25) is 5.02 Å². The van der Waals surface area contributed by atoms with Gasteiger partial charge < -0.3 is 14.8 Å². The van der Waals surface area contributed by atoms with E-state index in [1.807, 2.05) is 26.8 Å². The highest BCUT2D eigenvalue weighted by Crippen LogP contribution is 2.31. The molecule has 0 saturated carbocycles. The standard InChI is InChI=1S/C16H23ClN2O3/c1-10-7-14(15(21-4)8-13(10)17)18-16(20)12(3)19-5-6-22-11(2)9-19/h7-8,11-12H,5-6,9H2,1-4H3,(H,18,20)/t11-,12-/m0/s1. The Morgan fingerprint density at radius 2 is 2.27 bits per heavy atom. The number of aryl methyl sites for hydroxylation is 1. The predicted octanol–water partition coefficient (Wildman–Crippen LogP) is 2.70. The monoisotopic (exact) mass is 326 g/mol. The van der Waals surface area contributed by atoms with Gasteiger partial charge in [-0.1, -0.05) is 11.6 Å². The highest BCUT2D eigenvalue weighted by atomic mass is 35.5. The number of rotatable bonds is 4. The molecule has 0 aliphatic carbocycles. The number of nitrogens with one attached hydrogen (secondary N) is 1. The number of benzene rings is 1. The molecule has 1 aliphatic heterocycles. The van der Waals surface area contributed by atoms with E-state index >= 15 is 0 Å². The van der Waals surface area contributed by atoms with Crippen LogP contribution in [0.1, 0.15) is 19.4 Å². The molecule has 1 heterocycles. The average Bonchev–Trinajstić information content (AvgIpc) is 2.49. The summed E-state index contributed by atoms with van der Waals surface area (Å²) in [5, 5.41) is 3.55. The lowest BCUT2D eigenvalue weighted by molar-refractivity contribution is -0.123. The molecule has 2 atom stereocenters. The Morgan fingerprint density at radius 3 is 2.91 bits per heavy atom. The van der Waals surface area contributed by atoms with E-state index in [1.165, 1.54) is 0 Å². The zero-order valence-corrected chi connectivity index (χ0v) is 14.2. The van der Waals surface area contributed by atoms with E-state index in [4.69, 9.17) is 21.1 Å². The Labute approximate surface area is 136 Å². The van der Waals surface area contributed by atoms with Crippen molar-refractivity contribution in [3.05, 3.63) is 22.7 Å². The van der Waals surface area contributed by atoms with Gasteiger partial charge in [-0.2, -0.15) is 0 Å². The number of methoxy groups -OCH3 is 1. The highest BCUT2D eigenvalue weighted by Gasteiger charge is 2.26. The first kappa shape index (κ1) is 17.1. The molecule has 1 amide bonds. The molecule has 1 aromatic carbocycles. The van der Waals surface area contributed by atoms with Crippen molar-refractivity contribution in [2.24, 2.45) is 0 Å². The molecule has 0 unspecified atom stereocenters. The third kappa shape index (κ3) is 3.91. The average molecular weight is 327 g/mol. The van der Waals surface area contributed by atoms with Crippen LogP contribution in [0.25, 0.3) is 0 Å². The van der Waals surface area contributed by atoms with Gasteiger partial charge in [0.1, 0.15) is 5.75 Å². The minimum atomic E-state index is -0.230. The molecular weight excluding hydrogens is 304 g/mol. The summed E-state index contributed by atoms with van der Waals surface area (Å²) in [7, 11) is 1.56. The van der Waals surface area contributed by atoms with Gasteiger partial charge in [0, 0.05) is 24.2 Å². The van der Waals surface area contributed by atoms with Crippen LogP contribution in [0.3, 0.4) is 0 Å². The summed E-state index contributed by atoms with van der Waals surface area (Å²) in [6.45, 7) is 7.98. The molecule has 0 bridgehead atoms. The topological polar surface area (TPSA) is 50.8 Å². The first-order valence-corrected chi connectivity index (χ1v) is 7.80. The maximum absolute atomic E-state index is 12.5. The zero-order valence-electron chi connectivity index (χ0n) is 13.5. The third-order valence-electron chi connectivity index (χ3n) is 3.94. The molecule has 1 aromatic rings. The number of anilines is 1. The molecule has 6 heteroatoms. The molecular formula is C16H23ClN2O3. The molecule has 22 heavy (non-hydrogen) atoms. The molecule has 1 N–H and O–H groups in total. The lowest BCUT2D eigenvalue weighted by Gasteiger charge is -2.34. The van der Waals surface area contributed by atoms with Gasteiger partial charge in [-0.25, -0.2) is 0 Å². The van der Waals surface area contributed by atoms with Crippen molar-refractivity contribution in [1.29, 1.82) is 0 Å². The summed E-state index contributed by atoms with van der Waals surface area (Å²) in [5.41, 5.74) is 1.54. The van der Waals surface area contributed by atoms with Crippen LogP contribution in [0.5, 0.6) is 5.75 Å². The van der Waals surface area contributed by atoms with Crippen molar-refractivity contribution in [1.82, 2.24) is 4.90 Å². The summed E-state index contributed by atoms with van der Waals surface area (Å²) in [5.74, 6) is 0.501. The predicted molar refractivity (Wildman–Crippen MR) is 87.8 cm³/mol. The van der Waals surface area contributed by atoms with Gasteiger partial charge in [0.15, 0.2) is 0 Å². The van der Waals surface area contributed by atoms with Gasteiger partial charge in [0.05, 0.1) is 31.5 Å². The van der Waals surface area contributed by atoms with Crippen LogP contribution in [-0.2, 0) is 9.53 Å². The molecule has 0 radical (unpaired) electrons. The van der Waals surface area contributed by atoms with Crippen molar-refractivity contribution >= 4 is 23.2 Å². The normalized spacial score (nSPS) is 20.5. The fourth-order valence-corrected chi connectivity index (χ4v) is 2.68. The quantitative estimate of drug-likeness (QED) is 0.924. The highest BCUT2D eigenvalue weighted by molar-refractivity contribution is 6.31. The Morgan fingerprint density at radius 1 is 1.55 bits per heavy atom. The minimum absolute atomic E-state index is 0.0610. The van der Waals surface area contributed by atoms with E-state index < -0.39 is 0 Å². The zero-order chi connectivity index (χ0) is 16.3. The van der Waals surface area contributed by atoms with Crippen molar-refractivity contribution in [2.45, 2.75) is 32.9 Å². The largest absolute Gasteiger partial charge is 0.495 e. The lowest BCUT2D eigenvalue weighted by Crippen LogP contribution is -2.50. The smallest absolute Gasteiger partial charge is 0.241 e.